The molecule has 0 radical (unpaired) electrons. The molecule has 150 valence electrons. The van der Waals surface area contributed by atoms with Crippen LogP contribution in [0.5, 0.6) is 0 Å². The normalized spacial score (nSPS) is 14.2. The summed E-state index contributed by atoms with van der Waals surface area (Å²) < 4.78 is 2.07. The number of aromatic nitrogens is 2. The van der Waals surface area contributed by atoms with Crippen LogP contribution in [-0.2, 0) is 18.4 Å². The van der Waals surface area contributed by atoms with Gasteiger partial charge < -0.3 is 16.0 Å². The Kier molecular flexibility index (Phi) is 6.00. The Morgan fingerprint density at radius 3 is 2.54 bits per heavy atom. The first-order valence-corrected chi connectivity index (χ1v) is 9.65. The Balaban J connectivity index is 1.94. The molecule has 0 atom stereocenters. The van der Waals surface area contributed by atoms with Gasteiger partial charge in [0, 0.05) is 20.1 Å². The number of piperidine rings is 1. The van der Waals surface area contributed by atoms with E-state index < -0.39 is 23.7 Å². The highest BCUT2D eigenvalue weighted by Gasteiger charge is 2.23. The van der Waals surface area contributed by atoms with Gasteiger partial charge in [-0.15, -0.1) is 0 Å². The third-order valence-electron chi connectivity index (χ3n) is 4.77. The summed E-state index contributed by atoms with van der Waals surface area (Å²) in [7, 11) is 1.48. The summed E-state index contributed by atoms with van der Waals surface area (Å²) in [5, 5.41) is 3.05. The van der Waals surface area contributed by atoms with Gasteiger partial charge in [-0.2, -0.15) is 0 Å². The maximum Gasteiger partial charge on any atom is 0.332 e. The number of nitrogens with zero attached hydrogens (tertiary/aromatic N) is 3. The molecule has 2 heterocycles. The molecule has 0 bridgehead atoms. The van der Waals surface area contributed by atoms with E-state index in [0.717, 1.165) is 23.8 Å². The van der Waals surface area contributed by atoms with Gasteiger partial charge in [0.25, 0.3) is 5.56 Å². The quantitative estimate of drug-likeness (QED) is 0.780. The van der Waals surface area contributed by atoms with Gasteiger partial charge in [0.2, 0.25) is 5.91 Å². The fourth-order valence-corrected chi connectivity index (χ4v) is 3.60. The second-order valence-corrected chi connectivity index (χ2v) is 7.45. The molecule has 0 saturated carbocycles. The lowest BCUT2D eigenvalue weighted by Gasteiger charge is -2.29. The predicted octanol–water partition coefficient (Wildman–Crippen LogP) is 2.07. The van der Waals surface area contributed by atoms with E-state index in [0.29, 0.717) is 18.8 Å². The average Bonchev–Trinajstić information content (AvgIpc) is 2.68. The number of anilines is 3. The molecule has 10 heteroatoms. The van der Waals surface area contributed by atoms with Gasteiger partial charge in [0.15, 0.2) is 0 Å². The maximum atomic E-state index is 13.0. The summed E-state index contributed by atoms with van der Waals surface area (Å²) in [5.41, 5.74) is 5.38. The number of benzene rings is 1. The Bertz CT molecular complexity index is 1030. The van der Waals surface area contributed by atoms with Crippen molar-refractivity contribution in [3.05, 3.63) is 49.1 Å². The summed E-state index contributed by atoms with van der Waals surface area (Å²) >= 11 is 12.0. The zero-order valence-corrected chi connectivity index (χ0v) is 16.9. The van der Waals surface area contributed by atoms with E-state index in [-0.39, 0.29) is 21.6 Å². The number of hydrogen-bond donors (Lipinski definition) is 2. The summed E-state index contributed by atoms with van der Waals surface area (Å²) in [6.07, 6.45) is 2.96. The van der Waals surface area contributed by atoms with Crippen molar-refractivity contribution in [2.45, 2.75) is 25.8 Å². The number of hydrogen-bond acceptors (Lipinski definition) is 5. The van der Waals surface area contributed by atoms with Crippen LogP contribution in [0.15, 0.2) is 27.8 Å². The molecule has 1 saturated heterocycles. The number of nitrogen functional groups attached to an aromatic ring is 1. The lowest BCUT2D eigenvalue weighted by atomic mass is 10.1. The standard InChI is InChI=1S/C18H21Cl2N5O3/c1-23-16(21)15(24-8-3-2-4-9-24)17(27)25(18(23)28)10-13(26)22-12-7-5-6-11(19)14(12)20/h5-7H,2-4,8-10,21H2,1H3,(H,22,26). The highest BCUT2D eigenvalue weighted by Crippen LogP contribution is 2.29. The smallest absolute Gasteiger partial charge is 0.332 e. The van der Waals surface area contributed by atoms with Crippen LogP contribution in [0.3, 0.4) is 0 Å². The third-order valence-corrected chi connectivity index (χ3v) is 5.59. The summed E-state index contributed by atoms with van der Waals surface area (Å²) in [6, 6.07) is 4.80. The number of rotatable bonds is 4. The van der Waals surface area contributed by atoms with Crippen LogP contribution in [0.4, 0.5) is 17.2 Å². The second kappa shape index (κ2) is 8.28. The van der Waals surface area contributed by atoms with Crippen molar-refractivity contribution >= 4 is 46.3 Å². The van der Waals surface area contributed by atoms with E-state index in [1.54, 1.807) is 18.2 Å². The van der Waals surface area contributed by atoms with E-state index in [4.69, 9.17) is 28.9 Å². The lowest BCUT2D eigenvalue weighted by Crippen LogP contribution is -2.46. The van der Waals surface area contributed by atoms with Gasteiger partial charge >= 0.3 is 5.69 Å². The van der Waals surface area contributed by atoms with Crippen molar-refractivity contribution in [1.82, 2.24) is 9.13 Å². The maximum absolute atomic E-state index is 13.0. The molecule has 1 fully saturated rings. The number of carbonyl (C=O) groups excluding carboxylic acids is 1. The molecule has 1 aromatic heterocycles. The summed E-state index contributed by atoms with van der Waals surface area (Å²) in [4.78, 5) is 39.9. The largest absolute Gasteiger partial charge is 0.383 e. The van der Waals surface area contributed by atoms with Crippen LogP contribution in [0.2, 0.25) is 10.0 Å². The SMILES string of the molecule is Cn1c(N)c(N2CCCCC2)c(=O)n(CC(=O)Nc2cccc(Cl)c2Cl)c1=O. The zero-order valence-electron chi connectivity index (χ0n) is 15.4. The molecule has 0 aliphatic carbocycles. The molecule has 2 aromatic rings. The van der Waals surface area contributed by atoms with E-state index in [1.165, 1.54) is 11.6 Å². The highest BCUT2D eigenvalue weighted by atomic mass is 35.5. The average molecular weight is 426 g/mol. The molecular weight excluding hydrogens is 405 g/mol. The van der Waals surface area contributed by atoms with Crippen molar-refractivity contribution in [3.8, 4) is 0 Å². The minimum absolute atomic E-state index is 0.103. The lowest BCUT2D eigenvalue weighted by molar-refractivity contribution is -0.116. The van der Waals surface area contributed by atoms with Gasteiger partial charge in [0.05, 0.1) is 15.7 Å². The van der Waals surface area contributed by atoms with Crippen molar-refractivity contribution in [2.75, 3.05) is 29.0 Å². The van der Waals surface area contributed by atoms with Gasteiger partial charge in [0.1, 0.15) is 18.1 Å². The monoisotopic (exact) mass is 425 g/mol. The Morgan fingerprint density at radius 1 is 1.18 bits per heavy atom. The molecule has 28 heavy (non-hydrogen) atoms. The molecular formula is C18H21Cl2N5O3. The van der Waals surface area contributed by atoms with Crippen molar-refractivity contribution < 1.29 is 4.79 Å². The molecule has 1 amide bonds. The van der Waals surface area contributed by atoms with Gasteiger partial charge in [-0.05, 0) is 31.4 Å². The van der Waals surface area contributed by atoms with Crippen LogP contribution in [0, 0.1) is 0 Å². The van der Waals surface area contributed by atoms with E-state index in [1.807, 2.05) is 4.90 Å². The first-order chi connectivity index (χ1) is 13.3. The summed E-state index contributed by atoms with van der Waals surface area (Å²) in [5.74, 6) is -0.468. The van der Waals surface area contributed by atoms with Gasteiger partial charge in [-0.25, -0.2) is 9.36 Å². The molecule has 1 aliphatic heterocycles. The van der Waals surface area contributed by atoms with Crippen LogP contribution < -0.4 is 27.2 Å². The van der Waals surface area contributed by atoms with Crippen molar-refractivity contribution in [2.24, 2.45) is 7.05 Å². The number of nitrogens with two attached hydrogens (primary N) is 1. The minimum Gasteiger partial charge on any atom is -0.383 e. The molecule has 3 N–H and O–H groups in total. The molecule has 1 aliphatic rings. The number of amides is 1. The van der Waals surface area contributed by atoms with E-state index in [2.05, 4.69) is 5.32 Å². The Morgan fingerprint density at radius 2 is 1.86 bits per heavy atom. The first kappa shape index (κ1) is 20.3. The second-order valence-electron chi connectivity index (χ2n) is 6.66. The fraction of sp³-hybridized carbons (Fsp3) is 0.389. The molecule has 0 unspecified atom stereocenters. The molecule has 1 aromatic carbocycles. The van der Waals surface area contributed by atoms with Crippen molar-refractivity contribution in [3.63, 3.8) is 0 Å². The minimum atomic E-state index is -0.657. The zero-order chi connectivity index (χ0) is 20.4. The Labute approximate surface area is 171 Å². The number of nitrogens with one attached hydrogen (secondary N) is 1. The Hall–Kier alpha value is -2.45. The van der Waals surface area contributed by atoms with Crippen molar-refractivity contribution in [1.29, 1.82) is 0 Å². The van der Waals surface area contributed by atoms with Gasteiger partial charge in [-0.3, -0.25) is 14.2 Å². The topological polar surface area (TPSA) is 102 Å². The van der Waals surface area contributed by atoms with Crippen LogP contribution in [0.1, 0.15) is 19.3 Å². The molecule has 0 spiro atoms. The number of halogens is 2. The fourth-order valence-electron chi connectivity index (χ4n) is 3.26. The number of carbonyl (C=O) groups is 1. The molecule has 3 rings (SSSR count). The highest BCUT2D eigenvalue weighted by molar-refractivity contribution is 6.43. The molecule has 8 nitrogen and oxygen atoms in total. The van der Waals surface area contributed by atoms with Crippen LogP contribution >= 0.6 is 23.2 Å². The predicted molar refractivity (Wildman–Crippen MR) is 112 cm³/mol. The summed E-state index contributed by atoms with van der Waals surface area (Å²) in [6.45, 7) is 0.902. The van der Waals surface area contributed by atoms with E-state index in [9.17, 15) is 14.4 Å². The van der Waals surface area contributed by atoms with E-state index >= 15 is 0 Å². The van der Waals surface area contributed by atoms with Crippen LogP contribution in [-0.4, -0.2) is 28.1 Å². The third kappa shape index (κ3) is 3.88. The van der Waals surface area contributed by atoms with Gasteiger partial charge in [-0.1, -0.05) is 29.3 Å². The first-order valence-electron chi connectivity index (χ1n) is 8.89. The van der Waals surface area contributed by atoms with Crippen LogP contribution in [0.25, 0.3) is 0 Å².